The number of aliphatic hydroxyl groups excluding tert-OH is 1. The fourth-order valence-corrected chi connectivity index (χ4v) is 6.23. The average Bonchev–Trinajstić information content (AvgIpc) is 3.58. The van der Waals surface area contributed by atoms with Gasteiger partial charge < -0.3 is 39.1 Å². The zero-order valence-corrected chi connectivity index (χ0v) is 24.4. The first-order chi connectivity index (χ1) is 19.8. The molecule has 0 unspecified atom stereocenters. The van der Waals surface area contributed by atoms with Crippen molar-refractivity contribution in [2.45, 2.75) is 51.0 Å². The number of carboxylic acid groups (broad SMARTS) is 1. The number of likely N-dealkylation sites (tertiary alicyclic amines) is 1. The summed E-state index contributed by atoms with van der Waals surface area (Å²) in [5, 5.41) is 19.9. The minimum Gasteiger partial charge on any atom is -0.493 e. The topological polar surface area (TPSA) is 132 Å². The fourth-order valence-electron chi connectivity index (χ4n) is 6.23. The van der Waals surface area contributed by atoms with Gasteiger partial charge in [-0.25, -0.2) is 4.79 Å². The highest BCUT2D eigenvalue weighted by atomic mass is 16.7. The zero-order valence-electron chi connectivity index (χ0n) is 24.4. The Morgan fingerprint density at radius 3 is 2.66 bits per heavy atom. The van der Waals surface area contributed by atoms with E-state index in [1.807, 2.05) is 11.0 Å². The summed E-state index contributed by atoms with van der Waals surface area (Å²) in [7, 11) is 3.30. The van der Waals surface area contributed by atoms with E-state index in [4.69, 9.17) is 14.2 Å². The zero-order chi connectivity index (χ0) is 29.5. The van der Waals surface area contributed by atoms with E-state index in [1.54, 1.807) is 27.8 Å². The van der Waals surface area contributed by atoms with Crippen molar-refractivity contribution in [3.05, 3.63) is 17.7 Å². The van der Waals surface area contributed by atoms with Crippen LogP contribution in [-0.4, -0.2) is 127 Å². The van der Waals surface area contributed by atoms with Crippen LogP contribution in [0, 0.1) is 5.92 Å². The van der Waals surface area contributed by atoms with Crippen LogP contribution in [-0.2, 0) is 9.59 Å². The molecule has 3 heterocycles. The molecule has 4 rings (SSSR count). The molecule has 2 saturated heterocycles. The molecule has 2 fully saturated rings. The SMILES string of the molecule is CCCCN(CCCO)C(=O)CN1C[C@H](c2cc(OC)c3c(c2)OCO3)[C@@H](C(=O)O)[C@@H]1CCN1CCCN(C)C1=O. The molecule has 1 aromatic carbocycles. The summed E-state index contributed by atoms with van der Waals surface area (Å²) in [6.07, 6.45) is 3.55. The van der Waals surface area contributed by atoms with Crippen LogP contribution in [0.25, 0.3) is 0 Å². The molecule has 0 radical (unpaired) electrons. The number of unbranched alkanes of at least 4 members (excludes halogenated alkanes) is 1. The van der Waals surface area contributed by atoms with Gasteiger partial charge in [-0.2, -0.15) is 0 Å². The summed E-state index contributed by atoms with van der Waals surface area (Å²) in [6.45, 7) is 5.31. The maximum absolute atomic E-state index is 13.6. The highest BCUT2D eigenvalue weighted by Crippen LogP contribution is 2.47. The van der Waals surface area contributed by atoms with Crippen LogP contribution in [0.5, 0.6) is 17.2 Å². The summed E-state index contributed by atoms with van der Waals surface area (Å²) < 4.78 is 16.7. The largest absolute Gasteiger partial charge is 0.493 e. The summed E-state index contributed by atoms with van der Waals surface area (Å²) in [6, 6.07) is 3.08. The first kappa shape index (κ1) is 30.7. The third-order valence-electron chi connectivity index (χ3n) is 8.41. The third-order valence-corrected chi connectivity index (χ3v) is 8.41. The highest BCUT2D eigenvalue weighted by molar-refractivity contribution is 5.79. The molecule has 0 saturated carbocycles. The molecule has 228 valence electrons. The fraction of sp³-hybridized carbons (Fsp3) is 0.690. The van der Waals surface area contributed by atoms with Gasteiger partial charge in [0, 0.05) is 64.9 Å². The van der Waals surface area contributed by atoms with Crippen molar-refractivity contribution in [3.8, 4) is 17.2 Å². The number of aliphatic hydroxyl groups is 1. The van der Waals surface area contributed by atoms with Gasteiger partial charge in [-0.3, -0.25) is 14.5 Å². The number of hydrogen-bond donors (Lipinski definition) is 2. The molecule has 3 atom stereocenters. The van der Waals surface area contributed by atoms with Crippen LogP contribution in [0.2, 0.25) is 0 Å². The molecule has 3 aliphatic heterocycles. The van der Waals surface area contributed by atoms with Crippen molar-refractivity contribution >= 4 is 17.9 Å². The number of urea groups is 1. The molecule has 2 N–H and O–H groups in total. The number of benzene rings is 1. The van der Waals surface area contributed by atoms with E-state index < -0.39 is 23.8 Å². The minimum absolute atomic E-state index is 0.00430. The predicted octanol–water partition coefficient (Wildman–Crippen LogP) is 2.05. The monoisotopic (exact) mass is 576 g/mol. The predicted molar refractivity (Wildman–Crippen MR) is 150 cm³/mol. The molecule has 12 nitrogen and oxygen atoms in total. The van der Waals surface area contributed by atoms with Crippen LogP contribution < -0.4 is 14.2 Å². The van der Waals surface area contributed by atoms with Gasteiger partial charge in [0.1, 0.15) is 0 Å². The van der Waals surface area contributed by atoms with Crippen molar-refractivity contribution in [3.63, 3.8) is 0 Å². The maximum atomic E-state index is 13.6. The Bertz CT molecular complexity index is 1080. The number of amides is 3. The lowest BCUT2D eigenvalue weighted by Gasteiger charge is -2.35. The molecular weight excluding hydrogens is 532 g/mol. The second-order valence-electron chi connectivity index (χ2n) is 11.1. The van der Waals surface area contributed by atoms with Gasteiger partial charge in [0.15, 0.2) is 11.5 Å². The van der Waals surface area contributed by atoms with E-state index in [-0.39, 0.29) is 31.9 Å². The number of carbonyl (C=O) groups excluding carboxylic acids is 2. The number of nitrogens with zero attached hydrogens (tertiary/aromatic N) is 4. The van der Waals surface area contributed by atoms with Crippen molar-refractivity contribution in [2.75, 3.05) is 73.4 Å². The Balaban J connectivity index is 1.62. The number of carboxylic acids is 1. The number of hydrogen-bond acceptors (Lipinski definition) is 8. The molecule has 12 heteroatoms. The second-order valence-corrected chi connectivity index (χ2v) is 11.1. The average molecular weight is 577 g/mol. The van der Waals surface area contributed by atoms with Gasteiger partial charge in [0.2, 0.25) is 18.4 Å². The Hall–Kier alpha value is -3.25. The molecule has 1 aromatic rings. The number of methoxy groups -OCH3 is 1. The number of ether oxygens (including phenoxy) is 3. The van der Waals surface area contributed by atoms with Crippen molar-refractivity contribution in [2.24, 2.45) is 5.92 Å². The van der Waals surface area contributed by atoms with E-state index in [1.165, 1.54) is 7.11 Å². The highest BCUT2D eigenvalue weighted by Gasteiger charge is 2.48. The van der Waals surface area contributed by atoms with E-state index in [0.29, 0.717) is 69.4 Å². The van der Waals surface area contributed by atoms with Gasteiger partial charge in [-0.05, 0) is 43.4 Å². The Morgan fingerprint density at radius 1 is 1.17 bits per heavy atom. The van der Waals surface area contributed by atoms with Crippen LogP contribution in [0.4, 0.5) is 4.79 Å². The number of carbonyl (C=O) groups is 3. The third kappa shape index (κ3) is 6.98. The van der Waals surface area contributed by atoms with Crippen LogP contribution >= 0.6 is 0 Å². The van der Waals surface area contributed by atoms with E-state index in [2.05, 4.69) is 6.92 Å². The van der Waals surface area contributed by atoms with E-state index >= 15 is 0 Å². The second kappa shape index (κ2) is 14.1. The molecular formula is C29H44N4O8. The summed E-state index contributed by atoms with van der Waals surface area (Å²) in [5.74, 6) is -0.807. The van der Waals surface area contributed by atoms with Crippen molar-refractivity contribution < 1.29 is 38.8 Å². The van der Waals surface area contributed by atoms with Crippen molar-refractivity contribution in [1.29, 1.82) is 0 Å². The van der Waals surface area contributed by atoms with E-state index in [0.717, 1.165) is 24.8 Å². The number of rotatable bonds is 14. The van der Waals surface area contributed by atoms with E-state index in [9.17, 15) is 24.6 Å². The Morgan fingerprint density at radius 2 is 1.95 bits per heavy atom. The lowest BCUT2D eigenvalue weighted by atomic mass is 9.84. The quantitative estimate of drug-likeness (QED) is 0.342. The summed E-state index contributed by atoms with van der Waals surface area (Å²) in [5.41, 5.74) is 0.746. The number of aliphatic carboxylic acids is 1. The molecule has 3 aliphatic rings. The first-order valence-corrected chi connectivity index (χ1v) is 14.6. The molecule has 41 heavy (non-hydrogen) atoms. The lowest BCUT2D eigenvalue weighted by Crippen LogP contribution is -2.50. The molecule has 3 amide bonds. The summed E-state index contributed by atoms with van der Waals surface area (Å²) >= 11 is 0. The normalized spacial score (nSPS) is 22.3. The standard InChI is InChI=1S/C29H44N4O8/c1-4-5-10-31(12-7-14-34)25(35)18-33-17-21(20-15-23(39-3)27-24(16-20)40-19-41-27)26(28(36)37)22(33)8-13-32-11-6-9-30(2)29(32)38/h15-16,21-22,26,34H,4-14,17-19H2,1-3H3,(H,36,37)/t21-,22+,26-/m1/s1. The minimum atomic E-state index is -0.947. The molecule has 0 aromatic heterocycles. The summed E-state index contributed by atoms with van der Waals surface area (Å²) in [4.78, 5) is 46.4. The van der Waals surface area contributed by atoms with Gasteiger partial charge in [0.05, 0.1) is 19.6 Å². The first-order valence-electron chi connectivity index (χ1n) is 14.6. The molecule has 0 aliphatic carbocycles. The molecule has 0 bridgehead atoms. The van der Waals surface area contributed by atoms with Crippen LogP contribution in [0.1, 0.15) is 50.5 Å². The number of fused-ring (bicyclic) bond motifs is 1. The van der Waals surface area contributed by atoms with Crippen LogP contribution in [0.3, 0.4) is 0 Å². The molecule has 0 spiro atoms. The van der Waals surface area contributed by atoms with Gasteiger partial charge >= 0.3 is 12.0 Å². The maximum Gasteiger partial charge on any atom is 0.319 e. The van der Waals surface area contributed by atoms with Gasteiger partial charge in [0.25, 0.3) is 0 Å². The Kier molecular flexibility index (Phi) is 10.5. The smallest absolute Gasteiger partial charge is 0.319 e. The Labute approximate surface area is 241 Å². The lowest BCUT2D eigenvalue weighted by molar-refractivity contribution is -0.144. The van der Waals surface area contributed by atoms with Crippen molar-refractivity contribution in [1.82, 2.24) is 19.6 Å². The van der Waals surface area contributed by atoms with Gasteiger partial charge in [-0.1, -0.05) is 13.3 Å². The van der Waals surface area contributed by atoms with Gasteiger partial charge in [-0.15, -0.1) is 0 Å². The van der Waals surface area contributed by atoms with Crippen LogP contribution in [0.15, 0.2) is 12.1 Å².